The number of hydrogen-bond donors (Lipinski definition) is 1. The van der Waals surface area contributed by atoms with Gasteiger partial charge in [0.1, 0.15) is 0 Å². The van der Waals surface area contributed by atoms with E-state index in [-0.39, 0.29) is 19.0 Å². The zero-order chi connectivity index (χ0) is 16.6. The van der Waals surface area contributed by atoms with E-state index in [4.69, 9.17) is 0 Å². The lowest BCUT2D eigenvalue weighted by molar-refractivity contribution is -0.137. The summed E-state index contributed by atoms with van der Waals surface area (Å²) in [4.78, 5) is 13.9. The topological polar surface area (TPSA) is 40.5 Å². The second-order valence-corrected chi connectivity index (χ2v) is 5.48. The van der Waals surface area contributed by atoms with Crippen LogP contribution in [-0.2, 0) is 6.18 Å². The van der Waals surface area contributed by atoms with Crippen LogP contribution in [0.3, 0.4) is 0 Å². The molecule has 0 saturated carbocycles. The van der Waals surface area contributed by atoms with E-state index in [1.54, 1.807) is 24.3 Å². The molecule has 0 bridgehead atoms. The van der Waals surface area contributed by atoms with E-state index < -0.39 is 17.8 Å². The molecule has 1 aliphatic rings. The fourth-order valence-corrected chi connectivity index (χ4v) is 2.55. The van der Waals surface area contributed by atoms with Crippen molar-refractivity contribution in [2.24, 2.45) is 0 Å². The molecule has 6 heteroatoms. The number of likely N-dealkylation sites (tertiary alicyclic amines) is 1. The van der Waals surface area contributed by atoms with Crippen molar-refractivity contribution in [3.63, 3.8) is 0 Å². The average Bonchev–Trinajstić information content (AvgIpc) is 2.50. The second-order valence-electron chi connectivity index (χ2n) is 5.48. The van der Waals surface area contributed by atoms with Crippen LogP contribution in [0.25, 0.3) is 11.1 Å². The zero-order valence-corrected chi connectivity index (χ0v) is 12.0. The van der Waals surface area contributed by atoms with Gasteiger partial charge >= 0.3 is 6.18 Å². The molecule has 3 nitrogen and oxygen atoms in total. The first kappa shape index (κ1) is 15.6. The molecule has 1 amide bonds. The van der Waals surface area contributed by atoms with Gasteiger partial charge in [-0.25, -0.2) is 0 Å². The highest BCUT2D eigenvalue weighted by atomic mass is 19.4. The van der Waals surface area contributed by atoms with E-state index >= 15 is 0 Å². The van der Waals surface area contributed by atoms with E-state index in [0.717, 1.165) is 12.1 Å². The first-order valence-corrected chi connectivity index (χ1v) is 7.10. The Hall–Kier alpha value is -2.34. The Morgan fingerprint density at radius 2 is 1.65 bits per heavy atom. The van der Waals surface area contributed by atoms with Crippen molar-refractivity contribution in [2.45, 2.75) is 12.3 Å². The van der Waals surface area contributed by atoms with E-state index in [9.17, 15) is 23.1 Å². The molecule has 0 atom stereocenters. The van der Waals surface area contributed by atoms with Crippen molar-refractivity contribution >= 4 is 5.91 Å². The highest BCUT2D eigenvalue weighted by Crippen LogP contribution is 2.32. The molecule has 1 heterocycles. The van der Waals surface area contributed by atoms with Crippen LogP contribution in [0.1, 0.15) is 15.9 Å². The van der Waals surface area contributed by atoms with Gasteiger partial charge in [-0.2, -0.15) is 13.2 Å². The Labute approximate surface area is 131 Å². The van der Waals surface area contributed by atoms with Crippen molar-refractivity contribution in [3.8, 4) is 11.1 Å². The number of carbonyl (C=O) groups excluding carboxylic acids is 1. The molecular weight excluding hydrogens is 307 g/mol. The zero-order valence-electron chi connectivity index (χ0n) is 12.0. The number of aliphatic hydroxyl groups is 1. The fourth-order valence-electron chi connectivity index (χ4n) is 2.55. The van der Waals surface area contributed by atoms with Gasteiger partial charge in [-0.3, -0.25) is 4.79 Å². The summed E-state index contributed by atoms with van der Waals surface area (Å²) in [6, 6.07) is 11.5. The van der Waals surface area contributed by atoms with Gasteiger partial charge in [0.15, 0.2) is 0 Å². The molecule has 23 heavy (non-hydrogen) atoms. The molecule has 3 rings (SSSR count). The Bertz CT molecular complexity index is 719. The van der Waals surface area contributed by atoms with Crippen molar-refractivity contribution in [3.05, 3.63) is 59.7 Å². The molecule has 1 aliphatic heterocycles. The number of carbonyl (C=O) groups is 1. The van der Waals surface area contributed by atoms with Crippen LogP contribution < -0.4 is 0 Å². The quantitative estimate of drug-likeness (QED) is 0.923. The third-order valence-electron chi connectivity index (χ3n) is 3.83. The Balaban J connectivity index is 1.93. The van der Waals surface area contributed by atoms with E-state index in [1.807, 2.05) is 0 Å². The van der Waals surface area contributed by atoms with Crippen LogP contribution in [0.15, 0.2) is 48.5 Å². The number of rotatable bonds is 2. The number of hydrogen-bond acceptors (Lipinski definition) is 2. The van der Waals surface area contributed by atoms with Crippen LogP contribution in [0.4, 0.5) is 13.2 Å². The van der Waals surface area contributed by atoms with Gasteiger partial charge in [0.25, 0.3) is 5.91 Å². The largest absolute Gasteiger partial charge is 0.416 e. The summed E-state index contributed by atoms with van der Waals surface area (Å²) in [5.41, 5.74) is 0.811. The van der Waals surface area contributed by atoms with E-state index in [0.29, 0.717) is 16.7 Å². The lowest BCUT2D eigenvalue weighted by Crippen LogP contribution is -2.53. The first-order chi connectivity index (χ1) is 10.9. The second kappa shape index (κ2) is 5.70. The number of nitrogens with zero attached hydrogens (tertiary/aromatic N) is 1. The summed E-state index contributed by atoms with van der Waals surface area (Å²) in [5, 5.41) is 9.31. The van der Waals surface area contributed by atoms with Gasteiger partial charge in [0.2, 0.25) is 0 Å². The maximum absolute atomic E-state index is 12.6. The number of benzene rings is 2. The number of alkyl halides is 3. The highest BCUT2D eigenvalue weighted by Gasteiger charge is 2.31. The molecule has 120 valence electrons. The SMILES string of the molecule is O=C(c1ccccc1-c1ccc(C(F)(F)F)cc1)N1CC(O)C1. The maximum atomic E-state index is 12.6. The Kier molecular flexibility index (Phi) is 3.85. The molecular formula is C17H14F3NO2. The molecule has 0 unspecified atom stereocenters. The maximum Gasteiger partial charge on any atom is 0.416 e. The van der Waals surface area contributed by atoms with E-state index in [2.05, 4.69) is 0 Å². The number of aliphatic hydroxyl groups excluding tert-OH is 1. The van der Waals surface area contributed by atoms with Crippen LogP contribution in [0, 0.1) is 0 Å². The van der Waals surface area contributed by atoms with Crippen LogP contribution in [0.2, 0.25) is 0 Å². The van der Waals surface area contributed by atoms with Gasteiger partial charge in [0, 0.05) is 18.7 Å². The summed E-state index contributed by atoms with van der Waals surface area (Å²) in [6.45, 7) is 0.556. The van der Waals surface area contributed by atoms with Crippen molar-refractivity contribution in [1.29, 1.82) is 0 Å². The van der Waals surface area contributed by atoms with Gasteiger partial charge in [-0.15, -0.1) is 0 Å². The Morgan fingerprint density at radius 1 is 1.04 bits per heavy atom. The summed E-state index contributed by atoms with van der Waals surface area (Å²) in [6.07, 6.45) is -4.89. The third kappa shape index (κ3) is 3.07. The smallest absolute Gasteiger partial charge is 0.389 e. The lowest BCUT2D eigenvalue weighted by Gasteiger charge is -2.36. The minimum Gasteiger partial charge on any atom is -0.389 e. The Morgan fingerprint density at radius 3 is 2.22 bits per heavy atom. The molecule has 2 aromatic rings. The predicted octanol–water partition coefficient (Wildman–Crippen LogP) is 3.19. The molecule has 1 fully saturated rings. The minimum atomic E-state index is -4.39. The van der Waals surface area contributed by atoms with Gasteiger partial charge in [-0.05, 0) is 29.3 Å². The summed E-state index contributed by atoms with van der Waals surface area (Å²) in [7, 11) is 0. The number of amides is 1. The minimum absolute atomic E-state index is 0.231. The molecule has 0 aliphatic carbocycles. The van der Waals surface area contributed by atoms with Crippen LogP contribution in [0.5, 0.6) is 0 Å². The molecule has 1 N–H and O–H groups in total. The summed E-state index contributed by atoms with van der Waals surface area (Å²) >= 11 is 0. The van der Waals surface area contributed by atoms with Gasteiger partial charge in [0.05, 0.1) is 11.7 Å². The van der Waals surface area contributed by atoms with Crippen molar-refractivity contribution < 1.29 is 23.1 Å². The van der Waals surface area contributed by atoms with Crippen molar-refractivity contribution in [2.75, 3.05) is 13.1 Å². The summed E-state index contributed by atoms with van der Waals surface area (Å²) < 4.78 is 37.9. The average molecular weight is 321 g/mol. The highest BCUT2D eigenvalue weighted by molar-refractivity contribution is 6.01. The monoisotopic (exact) mass is 321 g/mol. The summed E-state index contributed by atoms with van der Waals surface area (Å²) in [5.74, 6) is -0.231. The molecule has 0 radical (unpaired) electrons. The third-order valence-corrected chi connectivity index (χ3v) is 3.83. The van der Waals surface area contributed by atoms with E-state index in [1.165, 1.54) is 17.0 Å². The standard InChI is InChI=1S/C17H14F3NO2/c18-17(19,20)12-7-5-11(6-8-12)14-3-1-2-4-15(14)16(23)21-9-13(22)10-21/h1-8,13,22H,9-10H2. The number of halogens is 3. The van der Waals surface area contributed by atoms with Crippen LogP contribution >= 0.6 is 0 Å². The lowest BCUT2D eigenvalue weighted by atomic mass is 9.97. The van der Waals surface area contributed by atoms with Gasteiger partial charge in [-0.1, -0.05) is 30.3 Å². The molecule has 0 aromatic heterocycles. The normalized spacial score (nSPS) is 15.4. The molecule has 1 saturated heterocycles. The first-order valence-electron chi connectivity index (χ1n) is 7.10. The van der Waals surface area contributed by atoms with Crippen LogP contribution in [-0.4, -0.2) is 35.1 Å². The van der Waals surface area contributed by atoms with Gasteiger partial charge < -0.3 is 10.0 Å². The fraction of sp³-hybridized carbons (Fsp3) is 0.235. The number of β-amino-alcohol motifs (C(OH)–C–C–N with tert-alkyl or cyclic N) is 1. The predicted molar refractivity (Wildman–Crippen MR) is 78.8 cm³/mol. The molecule has 2 aromatic carbocycles. The molecule has 0 spiro atoms. The van der Waals surface area contributed by atoms with Crippen molar-refractivity contribution in [1.82, 2.24) is 4.90 Å².